The summed E-state index contributed by atoms with van der Waals surface area (Å²) >= 11 is 0. The van der Waals surface area contributed by atoms with Crippen molar-refractivity contribution in [3.63, 3.8) is 0 Å². The predicted octanol–water partition coefficient (Wildman–Crippen LogP) is 3.56. The van der Waals surface area contributed by atoms with Crippen LogP contribution in [0.15, 0.2) is 36.5 Å². The minimum atomic E-state index is -0.167. The number of aromatic hydroxyl groups is 1. The van der Waals surface area contributed by atoms with Gasteiger partial charge in [0.05, 0.1) is 19.4 Å². The number of aryl methyl sites for hydroxylation is 1. The number of carbonyl (C=O) groups excluding carboxylic acids is 1. The summed E-state index contributed by atoms with van der Waals surface area (Å²) < 4.78 is 11.2. The number of nitrogens with zero attached hydrogens (tertiary/aromatic N) is 2. The minimum Gasteiger partial charge on any atom is -0.506 e. The van der Waals surface area contributed by atoms with Gasteiger partial charge in [-0.1, -0.05) is 19.1 Å². The predicted molar refractivity (Wildman–Crippen MR) is 105 cm³/mol. The molecule has 0 saturated heterocycles. The quantitative estimate of drug-likeness (QED) is 0.719. The van der Waals surface area contributed by atoms with Gasteiger partial charge in [-0.15, -0.1) is 0 Å². The van der Waals surface area contributed by atoms with Gasteiger partial charge in [0.2, 0.25) is 5.91 Å². The van der Waals surface area contributed by atoms with E-state index in [2.05, 4.69) is 4.98 Å². The van der Waals surface area contributed by atoms with Crippen molar-refractivity contribution < 1.29 is 19.4 Å². The summed E-state index contributed by atoms with van der Waals surface area (Å²) in [7, 11) is 3.32. The second-order valence-electron chi connectivity index (χ2n) is 6.20. The lowest BCUT2D eigenvalue weighted by Crippen LogP contribution is -2.24. The Morgan fingerprint density at radius 2 is 2.15 bits per heavy atom. The largest absolute Gasteiger partial charge is 0.506 e. The molecule has 0 atom stereocenters. The maximum absolute atomic E-state index is 12.4. The summed E-state index contributed by atoms with van der Waals surface area (Å²) in [4.78, 5) is 18.1. The Morgan fingerprint density at radius 3 is 2.81 bits per heavy atom. The van der Waals surface area contributed by atoms with Crippen LogP contribution in [0.5, 0.6) is 17.2 Å². The Balaban J connectivity index is 2.11. The Bertz CT molecular complexity index is 818. The van der Waals surface area contributed by atoms with Crippen LogP contribution in [0, 0.1) is 6.92 Å². The summed E-state index contributed by atoms with van der Waals surface area (Å²) in [6, 6.07) is 7.21. The molecule has 0 fully saturated rings. The molecule has 1 aromatic carbocycles. The Labute approximate surface area is 160 Å². The summed E-state index contributed by atoms with van der Waals surface area (Å²) in [6.07, 6.45) is 5.58. The van der Waals surface area contributed by atoms with Gasteiger partial charge in [-0.2, -0.15) is 0 Å². The van der Waals surface area contributed by atoms with E-state index < -0.39 is 0 Å². The molecule has 1 N–H and O–H groups in total. The second kappa shape index (κ2) is 9.62. The molecule has 0 spiro atoms. The van der Waals surface area contributed by atoms with Crippen LogP contribution in [0.1, 0.15) is 30.2 Å². The van der Waals surface area contributed by atoms with Crippen LogP contribution in [0.4, 0.5) is 0 Å². The molecule has 0 radical (unpaired) electrons. The highest BCUT2D eigenvalue weighted by Gasteiger charge is 2.14. The van der Waals surface area contributed by atoms with Crippen LogP contribution in [0.25, 0.3) is 6.08 Å². The van der Waals surface area contributed by atoms with E-state index in [1.165, 1.54) is 6.08 Å². The van der Waals surface area contributed by atoms with Crippen molar-refractivity contribution >= 4 is 12.0 Å². The maximum Gasteiger partial charge on any atom is 0.246 e. The number of hydrogen-bond acceptors (Lipinski definition) is 5. The van der Waals surface area contributed by atoms with E-state index in [-0.39, 0.29) is 11.7 Å². The van der Waals surface area contributed by atoms with E-state index in [4.69, 9.17) is 9.47 Å². The third-order valence-corrected chi connectivity index (χ3v) is 4.01. The zero-order valence-electron chi connectivity index (χ0n) is 16.2. The topological polar surface area (TPSA) is 71.9 Å². The van der Waals surface area contributed by atoms with Crippen molar-refractivity contribution in [2.24, 2.45) is 0 Å². The van der Waals surface area contributed by atoms with E-state index in [1.807, 2.05) is 25.1 Å². The standard InChI is InChI=1S/C21H26N2O4/c1-5-11-27-21-17(7-6-8-19(21)26-4)14-23(3)20(25)10-9-16-12-18(24)15(2)22-13-16/h6-10,12-13,24H,5,11,14H2,1-4H3/b10-9+. The molecular formula is C21H26N2O4. The van der Waals surface area contributed by atoms with Gasteiger partial charge in [0.1, 0.15) is 5.75 Å². The molecule has 6 nitrogen and oxygen atoms in total. The fourth-order valence-electron chi connectivity index (χ4n) is 2.47. The average molecular weight is 370 g/mol. The molecule has 144 valence electrons. The minimum absolute atomic E-state index is 0.104. The van der Waals surface area contributed by atoms with Gasteiger partial charge in [0.15, 0.2) is 11.5 Å². The normalized spacial score (nSPS) is 10.8. The van der Waals surface area contributed by atoms with Crippen molar-refractivity contribution in [2.45, 2.75) is 26.8 Å². The van der Waals surface area contributed by atoms with Gasteiger partial charge in [0, 0.05) is 31.4 Å². The molecule has 6 heteroatoms. The third-order valence-electron chi connectivity index (χ3n) is 4.01. The van der Waals surface area contributed by atoms with Crippen LogP contribution < -0.4 is 9.47 Å². The first-order chi connectivity index (χ1) is 13.0. The number of para-hydroxylation sites is 1. The zero-order valence-corrected chi connectivity index (χ0v) is 16.2. The molecule has 2 rings (SSSR count). The molecule has 0 aliphatic heterocycles. The molecule has 1 heterocycles. The molecule has 0 aliphatic carbocycles. The highest BCUT2D eigenvalue weighted by atomic mass is 16.5. The Morgan fingerprint density at radius 1 is 1.37 bits per heavy atom. The van der Waals surface area contributed by atoms with E-state index in [1.54, 1.807) is 44.3 Å². The molecular weight excluding hydrogens is 344 g/mol. The summed E-state index contributed by atoms with van der Waals surface area (Å²) in [5, 5.41) is 9.70. The SMILES string of the molecule is CCCOc1c(CN(C)C(=O)/C=C/c2cnc(C)c(O)c2)cccc1OC. The number of ether oxygens (including phenoxy) is 2. The highest BCUT2D eigenvalue weighted by Crippen LogP contribution is 2.32. The zero-order chi connectivity index (χ0) is 19.8. The van der Waals surface area contributed by atoms with E-state index in [0.717, 1.165) is 12.0 Å². The smallest absolute Gasteiger partial charge is 0.246 e. The van der Waals surface area contributed by atoms with Gasteiger partial charge >= 0.3 is 0 Å². The molecule has 0 saturated carbocycles. The van der Waals surface area contributed by atoms with E-state index in [9.17, 15) is 9.90 Å². The van der Waals surface area contributed by atoms with Gasteiger partial charge in [-0.3, -0.25) is 9.78 Å². The monoisotopic (exact) mass is 370 g/mol. The maximum atomic E-state index is 12.4. The first-order valence-electron chi connectivity index (χ1n) is 8.83. The lowest BCUT2D eigenvalue weighted by atomic mass is 10.1. The van der Waals surface area contributed by atoms with Crippen molar-refractivity contribution in [1.29, 1.82) is 0 Å². The average Bonchev–Trinajstić information content (AvgIpc) is 2.67. The number of amides is 1. The van der Waals surface area contributed by atoms with Crippen molar-refractivity contribution in [2.75, 3.05) is 20.8 Å². The lowest BCUT2D eigenvalue weighted by molar-refractivity contribution is -0.125. The van der Waals surface area contributed by atoms with Gasteiger partial charge < -0.3 is 19.5 Å². The van der Waals surface area contributed by atoms with Crippen molar-refractivity contribution in [3.8, 4) is 17.2 Å². The molecule has 0 aliphatic rings. The molecule has 0 unspecified atom stereocenters. The molecule has 2 aromatic rings. The number of rotatable bonds is 8. The van der Waals surface area contributed by atoms with Crippen LogP contribution in [-0.4, -0.2) is 41.7 Å². The van der Waals surface area contributed by atoms with E-state index >= 15 is 0 Å². The van der Waals surface area contributed by atoms with Crippen LogP contribution in [0.2, 0.25) is 0 Å². The number of carbonyl (C=O) groups is 1. The van der Waals surface area contributed by atoms with Crippen LogP contribution in [0.3, 0.4) is 0 Å². The van der Waals surface area contributed by atoms with Crippen molar-refractivity contribution in [3.05, 3.63) is 53.4 Å². The molecule has 1 amide bonds. The fourth-order valence-corrected chi connectivity index (χ4v) is 2.47. The molecule has 0 bridgehead atoms. The summed E-state index contributed by atoms with van der Waals surface area (Å²) in [5.41, 5.74) is 2.09. The number of aromatic nitrogens is 1. The molecule has 27 heavy (non-hydrogen) atoms. The Kier molecular flexibility index (Phi) is 7.23. The number of pyridine rings is 1. The summed E-state index contributed by atoms with van der Waals surface area (Å²) in [5.74, 6) is 1.25. The van der Waals surface area contributed by atoms with E-state index in [0.29, 0.717) is 35.9 Å². The molecule has 1 aromatic heterocycles. The lowest BCUT2D eigenvalue weighted by Gasteiger charge is -2.19. The first kappa shape index (κ1) is 20.3. The van der Waals surface area contributed by atoms with Gasteiger partial charge in [0.25, 0.3) is 0 Å². The number of likely N-dealkylation sites (N-methyl/N-ethyl adjacent to an activating group) is 1. The summed E-state index contributed by atoms with van der Waals surface area (Å²) in [6.45, 7) is 4.72. The van der Waals surface area contributed by atoms with Crippen LogP contribution >= 0.6 is 0 Å². The number of hydrogen-bond donors (Lipinski definition) is 1. The fraction of sp³-hybridized carbons (Fsp3) is 0.333. The number of methoxy groups -OCH3 is 1. The second-order valence-corrected chi connectivity index (χ2v) is 6.20. The van der Waals surface area contributed by atoms with Gasteiger partial charge in [-0.05, 0) is 37.1 Å². The van der Waals surface area contributed by atoms with Crippen LogP contribution in [-0.2, 0) is 11.3 Å². The van der Waals surface area contributed by atoms with Crippen molar-refractivity contribution in [1.82, 2.24) is 9.88 Å². The number of benzene rings is 1. The Hall–Kier alpha value is -3.02. The van der Waals surface area contributed by atoms with Gasteiger partial charge in [-0.25, -0.2) is 0 Å². The highest BCUT2D eigenvalue weighted by molar-refractivity contribution is 5.91. The third kappa shape index (κ3) is 5.48. The first-order valence-corrected chi connectivity index (χ1v) is 8.83.